The van der Waals surface area contributed by atoms with E-state index in [1.54, 1.807) is 0 Å². The van der Waals surface area contributed by atoms with E-state index in [0.717, 1.165) is 0 Å². The maximum absolute atomic E-state index is 3.61. The summed E-state index contributed by atoms with van der Waals surface area (Å²) in [7, 11) is -0.110. The second-order valence-electron chi connectivity index (χ2n) is 5.75. The SMILES string of the molecule is C=C[Si](C)C.c1cc[c]([Sn]([c]2ccccc2)[c]2ccccc2)cc1. The predicted octanol–water partition coefficient (Wildman–Crippen LogP) is 3.67. The Morgan fingerprint density at radius 1 is 0.625 bits per heavy atom. The Hall–Kier alpha value is -1.58. The Bertz CT molecular complexity index is 615. The van der Waals surface area contributed by atoms with Gasteiger partial charge >= 0.3 is 121 Å². The van der Waals surface area contributed by atoms with Gasteiger partial charge in [0.2, 0.25) is 0 Å². The van der Waals surface area contributed by atoms with Crippen molar-refractivity contribution < 1.29 is 0 Å². The Balaban J connectivity index is 0.000000368. The topological polar surface area (TPSA) is 0 Å². The standard InChI is InChI=1S/3C6H5.C4H9Si.Sn/c3*1-2-4-6-5-3-1;1-4-5(2)3;/h3*1-5H;4H,1H2,2-3H3;. The molecule has 0 saturated heterocycles. The fraction of sp³-hybridized carbons (Fsp3) is 0.0909. The first-order valence-corrected chi connectivity index (χ1v) is 15.0. The van der Waals surface area contributed by atoms with Crippen LogP contribution < -0.4 is 10.7 Å². The molecule has 0 aliphatic carbocycles. The molecule has 0 heterocycles. The van der Waals surface area contributed by atoms with Gasteiger partial charge in [-0.15, -0.1) is 12.3 Å². The van der Waals surface area contributed by atoms with Crippen molar-refractivity contribution in [1.82, 2.24) is 0 Å². The van der Waals surface area contributed by atoms with Crippen molar-refractivity contribution in [2.75, 3.05) is 0 Å². The molecule has 120 valence electrons. The van der Waals surface area contributed by atoms with Gasteiger partial charge in [-0.25, -0.2) is 0 Å². The minimum atomic E-state index is -1.98. The molecule has 24 heavy (non-hydrogen) atoms. The fourth-order valence-corrected chi connectivity index (χ4v) is 9.67. The van der Waals surface area contributed by atoms with Crippen LogP contribution in [0, 0.1) is 0 Å². The Labute approximate surface area is 155 Å². The molecule has 0 aliphatic rings. The van der Waals surface area contributed by atoms with Gasteiger partial charge in [0.15, 0.2) is 0 Å². The molecule has 0 spiro atoms. The van der Waals surface area contributed by atoms with Gasteiger partial charge in [0.1, 0.15) is 0 Å². The number of hydrogen-bond acceptors (Lipinski definition) is 0. The van der Waals surface area contributed by atoms with Crippen LogP contribution in [0.15, 0.2) is 103 Å². The fourth-order valence-electron chi connectivity index (χ4n) is 2.31. The van der Waals surface area contributed by atoms with E-state index in [1.807, 2.05) is 5.70 Å². The second kappa shape index (κ2) is 10.3. The summed E-state index contributed by atoms with van der Waals surface area (Å²) in [6.07, 6.45) is 0. The van der Waals surface area contributed by atoms with E-state index >= 15 is 0 Å². The van der Waals surface area contributed by atoms with Gasteiger partial charge in [-0.2, -0.15) is 0 Å². The summed E-state index contributed by atoms with van der Waals surface area (Å²) < 4.78 is 4.59. The van der Waals surface area contributed by atoms with Crippen molar-refractivity contribution in [3.8, 4) is 0 Å². The monoisotopic (exact) mass is 436 g/mol. The average Bonchev–Trinajstić information content (AvgIpc) is 2.65. The van der Waals surface area contributed by atoms with Gasteiger partial charge in [0.05, 0.1) is 8.80 Å². The Morgan fingerprint density at radius 2 is 0.875 bits per heavy atom. The van der Waals surface area contributed by atoms with Crippen molar-refractivity contribution >= 4 is 39.3 Å². The summed E-state index contributed by atoms with van der Waals surface area (Å²) in [4.78, 5) is 0. The van der Waals surface area contributed by atoms with Gasteiger partial charge in [0.25, 0.3) is 0 Å². The zero-order chi connectivity index (χ0) is 17.2. The molecule has 0 aliphatic heterocycles. The summed E-state index contributed by atoms with van der Waals surface area (Å²) in [5, 5.41) is 0. The molecule has 0 amide bonds. The van der Waals surface area contributed by atoms with Crippen LogP contribution in [0.1, 0.15) is 0 Å². The molecule has 0 bridgehead atoms. The van der Waals surface area contributed by atoms with Crippen LogP contribution in [0.2, 0.25) is 13.1 Å². The quantitative estimate of drug-likeness (QED) is 0.549. The van der Waals surface area contributed by atoms with Gasteiger partial charge in [-0.05, 0) is 0 Å². The predicted molar refractivity (Wildman–Crippen MR) is 112 cm³/mol. The van der Waals surface area contributed by atoms with E-state index in [1.165, 1.54) is 10.7 Å². The molecular formula is C22H24SiSn. The van der Waals surface area contributed by atoms with E-state index in [-0.39, 0.29) is 8.80 Å². The normalized spacial score (nSPS) is 10.2. The molecular weight excluding hydrogens is 411 g/mol. The van der Waals surface area contributed by atoms with Crippen molar-refractivity contribution in [2.45, 2.75) is 13.1 Å². The van der Waals surface area contributed by atoms with E-state index in [9.17, 15) is 0 Å². The summed E-state index contributed by atoms with van der Waals surface area (Å²) in [6.45, 7) is 8.02. The van der Waals surface area contributed by atoms with Gasteiger partial charge in [-0.3, -0.25) is 0 Å². The maximum atomic E-state index is 3.61. The number of rotatable bonds is 4. The molecule has 3 aromatic carbocycles. The number of benzene rings is 3. The Morgan fingerprint density at radius 3 is 1.08 bits per heavy atom. The third kappa shape index (κ3) is 5.80. The van der Waals surface area contributed by atoms with Crippen molar-refractivity contribution in [3.05, 3.63) is 103 Å². The summed E-state index contributed by atoms with van der Waals surface area (Å²) in [6, 6.07) is 32.9. The van der Waals surface area contributed by atoms with Crippen LogP contribution in [0.5, 0.6) is 0 Å². The van der Waals surface area contributed by atoms with Crippen molar-refractivity contribution in [2.24, 2.45) is 0 Å². The van der Waals surface area contributed by atoms with Crippen LogP contribution in [0.25, 0.3) is 0 Å². The zero-order valence-electron chi connectivity index (χ0n) is 14.4. The summed E-state index contributed by atoms with van der Waals surface area (Å²) in [5.41, 5.74) is 2.02. The first kappa shape index (κ1) is 18.7. The van der Waals surface area contributed by atoms with E-state index in [4.69, 9.17) is 0 Å². The van der Waals surface area contributed by atoms with Gasteiger partial charge in [0, 0.05) is 0 Å². The first-order chi connectivity index (χ1) is 11.7. The minimum absolute atomic E-state index is 0.110. The summed E-state index contributed by atoms with van der Waals surface area (Å²) >= 11 is -1.98. The number of hydrogen-bond donors (Lipinski definition) is 0. The molecule has 0 unspecified atom stereocenters. The van der Waals surface area contributed by atoms with Crippen LogP contribution in [0.3, 0.4) is 0 Å². The summed E-state index contributed by atoms with van der Waals surface area (Å²) in [5.74, 6) is 0. The van der Waals surface area contributed by atoms with E-state index in [0.29, 0.717) is 0 Å². The van der Waals surface area contributed by atoms with E-state index < -0.39 is 19.8 Å². The van der Waals surface area contributed by atoms with Gasteiger partial charge < -0.3 is 0 Å². The zero-order valence-corrected chi connectivity index (χ0v) is 18.3. The van der Waals surface area contributed by atoms with Crippen molar-refractivity contribution in [1.29, 1.82) is 0 Å². The average molecular weight is 435 g/mol. The van der Waals surface area contributed by atoms with Crippen LogP contribution in [-0.4, -0.2) is 28.6 Å². The second-order valence-corrected chi connectivity index (χ2v) is 15.4. The molecule has 0 aromatic heterocycles. The van der Waals surface area contributed by atoms with Gasteiger partial charge in [-0.1, -0.05) is 13.1 Å². The van der Waals surface area contributed by atoms with E-state index in [2.05, 4.69) is 111 Å². The molecule has 3 aromatic rings. The molecule has 0 saturated carbocycles. The van der Waals surface area contributed by atoms with Crippen LogP contribution >= 0.6 is 0 Å². The molecule has 0 fully saturated rings. The molecule has 2 heteroatoms. The third-order valence-corrected chi connectivity index (χ3v) is 12.2. The van der Waals surface area contributed by atoms with Crippen LogP contribution in [0.4, 0.5) is 0 Å². The van der Waals surface area contributed by atoms with Crippen LogP contribution in [-0.2, 0) is 0 Å². The van der Waals surface area contributed by atoms with Crippen molar-refractivity contribution in [3.63, 3.8) is 0 Å². The molecule has 0 nitrogen and oxygen atoms in total. The third-order valence-electron chi connectivity index (χ3n) is 3.60. The Kier molecular flexibility index (Phi) is 8.06. The molecule has 2 radical (unpaired) electrons. The molecule has 3 rings (SSSR count). The molecule has 0 atom stereocenters. The molecule has 0 N–H and O–H groups in total. The first-order valence-electron chi connectivity index (χ1n) is 8.18.